The number of nitrogens with zero attached hydrogens (tertiary/aromatic N) is 3. The molecule has 0 bridgehead atoms. The number of rotatable bonds is 6. The minimum Gasteiger partial charge on any atom is -0.503 e. The van der Waals surface area contributed by atoms with Crippen molar-refractivity contribution in [1.29, 1.82) is 0 Å². The molecular formula is C18H19N3O4. The highest BCUT2D eigenvalue weighted by Crippen LogP contribution is 2.22. The number of ether oxygens (including phenoxy) is 1. The molecular weight excluding hydrogens is 322 g/mol. The van der Waals surface area contributed by atoms with E-state index in [2.05, 4.69) is 15.1 Å². The fourth-order valence-corrected chi connectivity index (χ4v) is 2.35. The predicted molar refractivity (Wildman–Crippen MR) is 92.6 cm³/mol. The highest BCUT2D eigenvalue weighted by molar-refractivity contribution is 6.19. The third-order valence-electron chi connectivity index (χ3n) is 3.71. The van der Waals surface area contributed by atoms with E-state index in [4.69, 9.17) is 4.74 Å². The first-order valence-corrected chi connectivity index (χ1v) is 7.54. The number of carboxylic acid groups (broad SMARTS) is 1. The second kappa shape index (κ2) is 8.05. The number of aliphatic carboxylic acids is 1. The highest BCUT2D eigenvalue weighted by atomic mass is 16.5. The monoisotopic (exact) mass is 341 g/mol. The molecule has 130 valence electrons. The van der Waals surface area contributed by atoms with Gasteiger partial charge in [-0.1, -0.05) is 29.4 Å². The Morgan fingerprint density at radius 2 is 1.92 bits per heavy atom. The van der Waals surface area contributed by atoms with E-state index >= 15 is 0 Å². The van der Waals surface area contributed by atoms with Crippen molar-refractivity contribution in [3.05, 3.63) is 64.9 Å². The Labute approximate surface area is 145 Å². The fraction of sp³-hybridized carbons (Fsp3) is 0.222. The number of aromatic nitrogens is 2. The number of hydrogen-bond donors (Lipinski definition) is 2. The molecule has 0 fully saturated rings. The summed E-state index contributed by atoms with van der Waals surface area (Å²) < 4.78 is 4.87. The molecule has 2 rings (SSSR count). The molecule has 1 heterocycles. The third-order valence-corrected chi connectivity index (χ3v) is 3.71. The molecule has 1 aromatic carbocycles. The first-order chi connectivity index (χ1) is 12.0. The number of carbonyl (C=O) groups is 1. The van der Waals surface area contributed by atoms with E-state index in [0.717, 1.165) is 17.6 Å². The topological polar surface area (TPSA) is 105 Å². The predicted octanol–water partition coefficient (Wildman–Crippen LogP) is 2.59. The average molecular weight is 341 g/mol. The van der Waals surface area contributed by atoms with Crippen LogP contribution in [0.4, 0.5) is 0 Å². The molecule has 0 saturated heterocycles. The summed E-state index contributed by atoms with van der Waals surface area (Å²) in [5.41, 5.74) is 3.36. The van der Waals surface area contributed by atoms with Gasteiger partial charge in [0, 0.05) is 23.7 Å². The van der Waals surface area contributed by atoms with Gasteiger partial charge in [-0.2, -0.15) is 0 Å². The van der Waals surface area contributed by atoms with Gasteiger partial charge in [0.05, 0.1) is 36.2 Å². The zero-order valence-electron chi connectivity index (χ0n) is 14.2. The maximum atomic E-state index is 11.5. The van der Waals surface area contributed by atoms with Gasteiger partial charge in [-0.3, -0.25) is 9.97 Å². The van der Waals surface area contributed by atoms with Crippen molar-refractivity contribution in [1.82, 2.24) is 9.97 Å². The van der Waals surface area contributed by atoms with Crippen LogP contribution in [0.5, 0.6) is 0 Å². The Kier molecular flexibility index (Phi) is 5.84. The van der Waals surface area contributed by atoms with Crippen LogP contribution in [-0.2, 0) is 16.0 Å². The number of methoxy groups -OCH3 is 1. The van der Waals surface area contributed by atoms with E-state index in [1.165, 1.54) is 7.11 Å². The van der Waals surface area contributed by atoms with Crippen LogP contribution in [-0.4, -0.2) is 39.1 Å². The molecule has 25 heavy (non-hydrogen) atoms. The molecule has 7 nitrogen and oxygen atoms in total. The summed E-state index contributed by atoms with van der Waals surface area (Å²) in [7, 11) is 1.37. The van der Waals surface area contributed by atoms with Crippen LogP contribution in [0, 0.1) is 13.8 Å². The van der Waals surface area contributed by atoms with Crippen molar-refractivity contribution >= 4 is 17.3 Å². The SMILES string of the molecule is CO/C=C(/C(=O)O)c1ccccc1/C(Cc1cnc(C)c(C)n1)=N\O. The standard InChI is InChI=1S/C18H19N3O4/c1-11-12(2)20-13(9-19-11)8-17(21-24)15-7-5-4-6-14(15)16(10-25-3)18(22)23/h4-7,9-10,24H,8H2,1-3H3,(H,22,23)/b16-10+,21-17-. The molecule has 0 atom stereocenters. The Hall–Kier alpha value is -3.22. The van der Waals surface area contributed by atoms with Gasteiger partial charge in [0.2, 0.25) is 0 Å². The smallest absolute Gasteiger partial charge is 0.339 e. The zero-order valence-corrected chi connectivity index (χ0v) is 14.2. The summed E-state index contributed by atoms with van der Waals surface area (Å²) in [6.45, 7) is 3.70. The molecule has 0 aliphatic heterocycles. The first-order valence-electron chi connectivity index (χ1n) is 7.54. The molecule has 0 spiro atoms. The molecule has 1 aromatic heterocycles. The van der Waals surface area contributed by atoms with Gasteiger partial charge in [0.1, 0.15) is 5.57 Å². The van der Waals surface area contributed by atoms with Crippen LogP contribution in [0.1, 0.15) is 28.2 Å². The summed E-state index contributed by atoms with van der Waals surface area (Å²) in [5, 5.41) is 22.3. The van der Waals surface area contributed by atoms with Crippen LogP contribution in [0.25, 0.3) is 5.57 Å². The van der Waals surface area contributed by atoms with E-state index in [1.807, 2.05) is 13.8 Å². The molecule has 0 radical (unpaired) electrons. The molecule has 0 aliphatic carbocycles. The van der Waals surface area contributed by atoms with Crippen molar-refractivity contribution in [2.45, 2.75) is 20.3 Å². The molecule has 2 aromatic rings. The largest absolute Gasteiger partial charge is 0.503 e. The molecule has 0 aliphatic rings. The van der Waals surface area contributed by atoms with Crippen LogP contribution in [0.15, 0.2) is 41.9 Å². The molecule has 0 saturated carbocycles. The zero-order chi connectivity index (χ0) is 18.4. The molecule has 2 N–H and O–H groups in total. The summed E-state index contributed by atoms with van der Waals surface area (Å²) in [4.78, 5) is 20.2. The normalized spacial score (nSPS) is 12.1. The molecule has 7 heteroatoms. The van der Waals surface area contributed by atoms with Crippen LogP contribution < -0.4 is 0 Å². The summed E-state index contributed by atoms with van der Waals surface area (Å²) in [6.07, 6.45) is 2.97. The highest BCUT2D eigenvalue weighted by Gasteiger charge is 2.19. The average Bonchev–Trinajstić information content (AvgIpc) is 2.60. The van der Waals surface area contributed by atoms with E-state index in [0.29, 0.717) is 16.8 Å². The van der Waals surface area contributed by atoms with E-state index < -0.39 is 5.97 Å². The Bertz CT molecular complexity index is 844. The van der Waals surface area contributed by atoms with Crippen molar-refractivity contribution in [2.75, 3.05) is 7.11 Å². The summed E-state index contributed by atoms with van der Waals surface area (Å²) in [5.74, 6) is -1.14. The van der Waals surface area contributed by atoms with Crippen LogP contribution in [0.3, 0.4) is 0 Å². The van der Waals surface area contributed by atoms with Crippen molar-refractivity contribution < 1.29 is 19.8 Å². The quantitative estimate of drug-likeness (QED) is 0.275. The number of benzene rings is 1. The van der Waals surface area contributed by atoms with Crippen molar-refractivity contribution in [3.8, 4) is 0 Å². The number of carboxylic acids is 1. The number of hydrogen-bond acceptors (Lipinski definition) is 6. The minimum absolute atomic E-state index is 0.0366. The maximum Gasteiger partial charge on any atom is 0.339 e. The second-order valence-corrected chi connectivity index (χ2v) is 5.37. The molecule has 0 unspecified atom stereocenters. The lowest BCUT2D eigenvalue weighted by Crippen LogP contribution is -2.13. The Morgan fingerprint density at radius 3 is 2.48 bits per heavy atom. The fourth-order valence-electron chi connectivity index (χ4n) is 2.35. The van der Waals surface area contributed by atoms with Gasteiger partial charge < -0.3 is 15.1 Å². The number of aryl methyl sites for hydroxylation is 2. The lowest BCUT2D eigenvalue weighted by molar-refractivity contribution is -0.130. The summed E-state index contributed by atoms with van der Waals surface area (Å²) >= 11 is 0. The van der Waals surface area contributed by atoms with Gasteiger partial charge in [-0.05, 0) is 13.8 Å². The van der Waals surface area contributed by atoms with Gasteiger partial charge in [0.25, 0.3) is 0 Å². The third kappa shape index (κ3) is 4.20. The van der Waals surface area contributed by atoms with Gasteiger partial charge >= 0.3 is 5.97 Å². The number of oxime groups is 1. The lowest BCUT2D eigenvalue weighted by Gasteiger charge is -2.12. The first kappa shape index (κ1) is 18.1. The van der Waals surface area contributed by atoms with E-state index in [1.54, 1.807) is 30.5 Å². The summed E-state index contributed by atoms with van der Waals surface area (Å²) in [6, 6.07) is 6.76. The molecule has 0 amide bonds. The van der Waals surface area contributed by atoms with Crippen LogP contribution >= 0.6 is 0 Å². The Morgan fingerprint density at radius 1 is 1.24 bits per heavy atom. The van der Waals surface area contributed by atoms with Crippen molar-refractivity contribution in [3.63, 3.8) is 0 Å². The lowest BCUT2D eigenvalue weighted by atomic mass is 9.95. The van der Waals surface area contributed by atoms with Gasteiger partial charge in [-0.25, -0.2) is 4.79 Å². The second-order valence-electron chi connectivity index (χ2n) is 5.37. The van der Waals surface area contributed by atoms with E-state index in [-0.39, 0.29) is 17.7 Å². The maximum absolute atomic E-state index is 11.5. The van der Waals surface area contributed by atoms with Crippen LogP contribution in [0.2, 0.25) is 0 Å². The van der Waals surface area contributed by atoms with Gasteiger partial charge in [-0.15, -0.1) is 0 Å². The Balaban J connectivity index is 2.46. The van der Waals surface area contributed by atoms with Crippen molar-refractivity contribution in [2.24, 2.45) is 5.16 Å². The minimum atomic E-state index is -1.14. The van der Waals surface area contributed by atoms with E-state index in [9.17, 15) is 15.1 Å². The van der Waals surface area contributed by atoms with Gasteiger partial charge in [0.15, 0.2) is 0 Å².